The lowest BCUT2D eigenvalue weighted by molar-refractivity contribution is 0.462. The lowest BCUT2D eigenvalue weighted by Crippen LogP contribution is -2.32. The maximum absolute atomic E-state index is 5.67. The van der Waals surface area contributed by atoms with Crippen LogP contribution < -0.4 is 22.9 Å². The van der Waals surface area contributed by atoms with Gasteiger partial charge in [-0.2, -0.15) is 0 Å². The van der Waals surface area contributed by atoms with Crippen LogP contribution >= 0.6 is 0 Å². The summed E-state index contributed by atoms with van der Waals surface area (Å²) in [5.41, 5.74) is 21.4. The summed E-state index contributed by atoms with van der Waals surface area (Å²) >= 11 is 0. The molecule has 0 rings (SSSR count). The molecule has 88 valence electrons. The van der Waals surface area contributed by atoms with E-state index in [9.17, 15) is 0 Å². The van der Waals surface area contributed by atoms with Crippen LogP contribution in [0.4, 0.5) is 0 Å². The summed E-state index contributed by atoms with van der Waals surface area (Å²) in [5.74, 6) is 0. The van der Waals surface area contributed by atoms with E-state index in [1.165, 1.54) is 0 Å². The molecule has 4 heteroatoms. The minimum atomic E-state index is -0.0284. The zero-order chi connectivity index (χ0) is 11.6. The molecule has 0 aromatic heterocycles. The number of hydrogen-bond acceptors (Lipinski definition) is 4. The maximum Gasteiger partial charge on any atom is 0.00975 e. The zero-order valence-electron chi connectivity index (χ0n) is 9.92. The molecule has 1 unspecified atom stereocenters. The summed E-state index contributed by atoms with van der Waals surface area (Å²) in [5, 5.41) is 0. The fourth-order valence-electron chi connectivity index (χ4n) is 0.821. The highest BCUT2D eigenvalue weighted by molar-refractivity contribution is 4.70. The van der Waals surface area contributed by atoms with E-state index >= 15 is 0 Å². The van der Waals surface area contributed by atoms with Gasteiger partial charge in [0.05, 0.1) is 0 Å². The monoisotopic (exact) mass is 204 g/mol. The Morgan fingerprint density at radius 3 is 1.71 bits per heavy atom. The third-order valence-electron chi connectivity index (χ3n) is 1.65. The normalized spacial score (nSPS) is 13.1. The van der Waals surface area contributed by atoms with Gasteiger partial charge in [0.1, 0.15) is 0 Å². The van der Waals surface area contributed by atoms with Gasteiger partial charge in [0, 0.05) is 11.6 Å². The Hall–Kier alpha value is -0.160. The lowest BCUT2D eigenvalue weighted by Gasteiger charge is -2.16. The number of nitrogens with two attached hydrogens (primary N) is 4. The van der Waals surface area contributed by atoms with Gasteiger partial charge in [-0.1, -0.05) is 0 Å². The summed E-state index contributed by atoms with van der Waals surface area (Å²) in [7, 11) is 0. The summed E-state index contributed by atoms with van der Waals surface area (Å²) in [4.78, 5) is 0. The van der Waals surface area contributed by atoms with Gasteiger partial charge in [-0.15, -0.1) is 0 Å². The topological polar surface area (TPSA) is 104 Å². The van der Waals surface area contributed by atoms with Crippen molar-refractivity contribution < 1.29 is 0 Å². The molecular weight excluding hydrogens is 176 g/mol. The van der Waals surface area contributed by atoms with Gasteiger partial charge < -0.3 is 22.9 Å². The van der Waals surface area contributed by atoms with Gasteiger partial charge >= 0.3 is 0 Å². The summed E-state index contributed by atoms with van der Waals surface area (Å²) in [6.07, 6.45) is 2.98. The van der Waals surface area contributed by atoms with Crippen LogP contribution in [0.15, 0.2) is 0 Å². The molecule has 0 aliphatic rings. The Kier molecular flexibility index (Phi) is 10.9. The van der Waals surface area contributed by atoms with Crippen LogP contribution in [0.1, 0.15) is 40.0 Å². The first-order valence-corrected chi connectivity index (χ1v) is 5.28. The Balaban J connectivity index is 0. The van der Waals surface area contributed by atoms with E-state index < -0.39 is 0 Å². The minimum absolute atomic E-state index is 0.0284. The van der Waals surface area contributed by atoms with Crippen molar-refractivity contribution in [3.8, 4) is 0 Å². The quantitative estimate of drug-likeness (QED) is 0.511. The Morgan fingerprint density at radius 2 is 1.64 bits per heavy atom. The van der Waals surface area contributed by atoms with E-state index in [0.717, 1.165) is 25.8 Å². The van der Waals surface area contributed by atoms with Gasteiger partial charge in [0.2, 0.25) is 0 Å². The van der Waals surface area contributed by atoms with Crippen molar-refractivity contribution in [3.05, 3.63) is 0 Å². The highest BCUT2D eigenvalue weighted by Gasteiger charge is 2.07. The van der Waals surface area contributed by atoms with Gasteiger partial charge in [-0.05, 0) is 53.1 Å². The molecule has 0 saturated carbocycles. The maximum atomic E-state index is 5.67. The molecule has 0 spiro atoms. The van der Waals surface area contributed by atoms with E-state index in [1.807, 2.05) is 20.8 Å². The molecule has 0 bridgehead atoms. The number of rotatable bonds is 5. The summed E-state index contributed by atoms with van der Waals surface area (Å²) in [6, 6.07) is 0.273. The molecule has 0 aliphatic heterocycles. The Bertz CT molecular complexity index is 107. The van der Waals surface area contributed by atoms with Gasteiger partial charge in [-0.3, -0.25) is 0 Å². The highest BCUT2D eigenvalue weighted by atomic mass is 14.7. The first-order chi connectivity index (χ1) is 6.33. The van der Waals surface area contributed by atoms with Gasteiger partial charge in [0.15, 0.2) is 0 Å². The second-order valence-electron chi connectivity index (χ2n) is 4.44. The predicted octanol–water partition coefficient (Wildman–Crippen LogP) is 0.145. The third-order valence-corrected chi connectivity index (χ3v) is 1.65. The van der Waals surface area contributed by atoms with E-state index in [1.54, 1.807) is 0 Å². The van der Waals surface area contributed by atoms with Crippen molar-refractivity contribution in [1.82, 2.24) is 0 Å². The smallest absolute Gasteiger partial charge is 0.00975 e. The van der Waals surface area contributed by atoms with Crippen LogP contribution in [0.2, 0.25) is 0 Å². The number of hydrogen-bond donors (Lipinski definition) is 4. The van der Waals surface area contributed by atoms with Crippen molar-refractivity contribution in [1.29, 1.82) is 0 Å². The third kappa shape index (κ3) is 22.6. The molecule has 0 aliphatic carbocycles. The molecule has 14 heavy (non-hydrogen) atoms. The molecule has 0 amide bonds. The van der Waals surface area contributed by atoms with E-state index in [-0.39, 0.29) is 11.6 Å². The summed E-state index contributed by atoms with van der Waals surface area (Å²) < 4.78 is 0. The molecular formula is C10H28N4. The molecule has 0 fully saturated rings. The largest absolute Gasteiger partial charge is 0.330 e. The van der Waals surface area contributed by atoms with Crippen LogP contribution in [0.3, 0.4) is 0 Å². The van der Waals surface area contributed by atoms with Crippen molar-refractivity contribution in [2.24, 2.45) is 22.9 Å². The molecule has 0 radical (unpaired) electrons. The van der Waals surface area contributed by atoms with Gasteiger partial charge in [0.25, 0.3) is 0 Å². The van der Waals surface area contributed by atoms with Crippen molar-refractivity contribution >= 4 is 0 Å². The van der Waals surface area contributed by atoms with Gasteiger partial charge in [-0.25, -0.2) is 0 Å². The first-order valence-electron chi connectivity index (χ1n) is 5.28. The molecule has 0 aromatic rings. The van der Waals surface area contributed by atoms with E-state index in [2.05, 4.69) is 0 Å². The first kappa shape index (κ1) is 16.3. The van der Waals surface area contributed by atoms with Crippen LogP contribution in [0.25, 0.3) is 0 Å². The molecule has 4 nitrogen and oxygen atoms in total. The minimum Gasteiger partial charge on any atom is -0.330 e. The van der Waals surface area contributed by atoms with Crippen LogP contribution in [0, 0.1) is 0 Å². The summed E-state index contributed by atoms with van der Waals surface area (Å²) in [6.45, 7) is 7.44. The van der Waals surface area contributed by atoms with Crippen molar-refractivity contribution in [2.45, 2.75) is 51.6 Å². The van der Waals surface area contributed by atoms with Crippen molar-refractivity contribution in [3.63, 3.8) is 0 Å². The van der Waals surface area contributed by atoms with Crippen LogP contribution in [-0.2, 0) is 0 Å². The second kappa shape index (κ2) is 9.40. The molecule has 0 aromatic carbocycles. The Labute approximate surface area is 88.4 Å². The Morgan fingerprint density at radius 1 is 1.14 bits per heavy atom. The standard InChI is InChI=1S/C6H16N2.C4H12N2/c1-6(2,8)4-3-5-7;1-4(6)2-3-5/h3-5,7-8H2,1-2H3;4H,2-3,5-6H2,1H3. The highest BCUT2D eigenvalue weighted by Crippen LogP contribution is 2.04. The molecule has 8 N–H and O–H groups in total. The fraction of sp³-hybridized carbons (Fsp3) is 1.00. The molecule has 1 atom stereocenters. The lowest BCUT2D eigenvalue weighted by atomic mass is 10.0. The predicted molar refractivity (Wildman–Crippen MR) is 63.9 cm³/mol. The molecule has 0 saturated heterocycles. The average molecular weight is 204 g/mol. The average Bonchev–Trinajstić information content (AvgIpc) is 2.00. The fourth-order valence-corrected chi connectivity index (χ4v) is 0.821. The zero-order valence-corrected chi connectivity index (χ0v) is 9.92. The molecule has 0 heterocycles. The van der Waals surface area contributed by atoms with E-state index in [0.29, 0.717) is 6.54 Å². The van der Waals surface area contributed by atoms with Crippen molar-refractivity contribution in [2.75, 3.05) is 13.1 Å². The van der Waals surface area contributed by atoms with E-state index in [4.69, 9.17) is 22.9 Å². The van der Waals surface area contributed by atoms with Crippen LogP contribution in [-0.4, -0.2) is 24.7 Å². The second-order valence-corrected chi connectivity index (χ2v) is 4.44. The van der Waals surface area contributed by atoms with Crippen LogP contribution in [0.5, 0.6) is 0 Å². The SMILES string of the molecule is CC(C)(N)CCCN.CC(N)CCN.